The molecule has 2 aromatic carbocycles. The fraction of sp³-hybridized carbons (Fsp3) is 0.231. The second-order valence-corrected chi connectivity index (χ2v) is 7.84. The number of esters is 1. The summed E-state index contributed by atoms with van der Waals surface area (Å²) in [6.07, 6.45) is 3.24. The van der Waals surface area contributed by atoms with Gasteiger partial charge in [0.2, 0.25) is 5.91 Å². The van der Waals surface area contributed by atoms with Crippen LogP contribution in [0.3, 0.4) is 0 Å². The van der Waals surface area contributed by atoms with E-state index in [1.165, 1.54) is 25.3 Å². The van der Waals surface area contributed by atoms with Crippen LogP contribution < -0.4 is 5.32 Å². The number of carbonyl (C=O) groups excluding carboxylic acids is 2. The van der Waals surface area contributed by atoms with E-state index in [-0.39, 0.29) is 11.3 Å². The highest BCUT2D eigenvalue weighted by atomic mass is 16.6. The highest BCUT2D eigenvalue weighted by Crippen LogP contribution is 2.30. The van der Waals surface area contributed by atoms with E-state index in [9.17, 15) is 25.0 Å². The van der Waals surface area contributed by atoms with Gasteiger partial charge in [-0.15, -0.1) is 0 Å². The van der Waals surface area contributed by atoms with E-state index < -0.39 is 28.4 Å². The molecular formula is C26H24N4O5. The summed E-state index contributed by atoms with van der Waals surface area (Å²) in [6, 6.07) is 16.9. The molecule has 1 atom stereocenters. The molecule has 0 saturated carbocycles. The van der Waals surface area contributed by atoms with Crippen LogP contribution in [0.15, 0.2) is 60.8 Å². The van der Waals surface area contributed by atoms with Crippen LogP contribution in [0.5, 0.6) is 0 Å². The topological polar surface area (TPSA) is 135 Å². The number of para-hydroxylation sites is 1. The van der Waals surface area contributed by atoms with Crippen molar-refractivity contribution in [2.45, 2.75) is 26.2 Å². The lowest BCUT2D eigenvalue weighted by Crippen LogP contribution is -2.26. The van der Waals surface area contributed by atoms with E-state index in [2.05, 4.69) is 16.4 Å². The summed E-state index contributed by atoms with van der Waals surface area (Å²) >= 11 is 0. The Balaban J connectivity index is 1.85. The number of hydrogen-bond acceptors (Lipinski definition) is 7. The van der Waals surface area contributed by atoms with Crippen molar-refractivity contribution in [1.82, 2.24) is 4.98 Å². The highest BCUT2D eigenvalue weighted by molar-refractivity contribution is 6.04. The smallest absolute Gasteiger partial charge is 0.340 e. The number of rotatable bonds is 9. The number of aromatic nitrogens is 1. The van der Waals surface area contributed by atoms with Crippen molar-refractivity contribution in [3.63, 3.8) is 0 Å². The van der Waals surface area contributed by atoms with Crippen LogP contribution >= 0.6 is 0 Å². The van der Waals surface area contributed by atoms with Crippen molar-refractivity contribution >= 4 is 23.3 Å². The van der Waals surface area contributed by atoms with Gasteiger partial charge >= 0.3 is 5.97 Å². The Bertz CT molecular complexity index is 1280. The van der Waals surface area contributed by atoms with Gasteiger partial charge in [0.15, 0.2) is 0 Å². The van der Waals surface area contributed by atoms with Gasteiger partial charge in [-0.05, 0) is 36.6 Å². The predicted molar refractivity (Wildman–Crippen MR) is 130 cm³/mol. The summed E-state index contributed by atoms with van der Waals surface area (Å²) in [6.45, 7) is 1.94. The van der Waals surface area contributed by atoms with Crippen molar-refractivity contribution in [1.29, 1.82) is 5.26 Å². The Hall–Kier alpha value is -4.58. The van der Waals surface area contributed by atoms with Gasteiger partial charge in [0, 0.05) is 23.7 Å². The molecular weight excluding hydrogens is 448 g/mol. The average molecular weight is 473 g/mol. The van der Waals surface area contributed by atoms with Crippen LogP contribution in [0.2, 0.25) is 0 Å². The Morgan fingerprint density at radius 3 is 2.57 bits per heavy atom. The van der Waals surface area contributed by atoms with E-state index in [0.29, 0.717) is 30.5 Å². The molecule has 178 valence electrons. The van der Waals surface area contributed by atoms with E-state index in [0.717, 1.165) is 11.1 Å². The number of nitriles is 1. The number of amides is 1. The molecule has 1 heterocycles. The molecule has 0 bridgehead atoms. The molecule has 3 rings (SSSR count). The minimum Gasteiger partial charge on any atom is -0.465 e. The maximum absolute atomic E-state index is 13.2. The molecule has 0 aliphatic heterocycles. The Morgan fingerprint density at radius 2 is 1.94 bits per heavy atom. The lowest BCUT2D eigenvalue weighted by molar-refractivity contribution is -0.384. The molecule has 1 unspecified atom stereocenters. The number of nitro benzene ring substituents is 1. The van der Waals surface area contributed by atoms with E-state index in [1.54, 1.807) is 24.4 Å². The number of nitro groups is 1. The molecule has 1 aromatic heterocycles. The number of hydrogen-bond donors (Lipinski definition) is 1. The first-order valence-electron chi connectivity index (χ1n) is 11.0. The maximum atomic E-state index is 13.2. The van der Waals surface area contributed by atoms with Gasteiger partial charge < -0.3 is 10.1 Å². The molecule has 3 aromatic rings. The number of nitrogens with one attached hydrogen (secondary N) is 1. The number of pyridine rings is 1. The van der Waals surface area contributed by atoms with Crippen molar-refractivity contribution in [3.8, 4) is 17.3 Å². The van der Waals surface area contributed by atoms with Crippen LogP contribution in [-0.2, 0) is 16.0 Å². The number of benzene rings is 2. The van der Waals surface area contributed by atoms with Crippen LogP contribution in [0.25, 0.3) is 11.3 Å². The molecule has 1 amide bonds. The normalized spacial score (nSPS) is 11.2. The lowest BCUT2D eigenvalue weighted by Gasteiger charge is -2.17. The molecule has 9 heteroatoms. The zero-order valence-corrected chi connectivity index (χ0v) is 19.4. The van der Waals surface area contributed by atoms with Crippen LogP contribution in [0, 0.1) is 27.4 Å². The summed E-state index contributed by atoms with van der Waals surface area (Å²) in [5.41, 5.74) is 2.01. The second-order valence-electron chi connectivity index (χ2n) is 7.84. The van der Waals surface area contributed by atoms with E-state index in [1.807, 2.05) is 25.1 Å². The number of methoxy groups -OCH3 is 1. The van der Waals surface area contributed by atoms with Gasteiger partial charge in [-0.1, -0.05) is 43.7 Å². The molecule has 0 fully saturated rings. The lowest BCUT2D eigenvalue weighted by atomic mass is 9.94. The predicted octanol–water partition coefficient (Wildman–Crippen LogP) is 4.91. The molecule has 35 heavy (non-hydrogen) atoms. The van der Waals surface area contributed by atoms with Crippen LogP contribution in [0.1, 0.15) is 41.3 Å². The summed E-state index contributed by atoms with van der Waals surface area (Å²) in [5.74, 6) is -1.73. The molecule has 0 aliphatic rings. The van der Waals surface area contributed by atoms with Crippen molar-refractivity contribution in [2.24, 2.45) is 5.92 Å². The SMILES string of the molecule is CCCC(Cc1ccc(-c2ccccc2C#N)nc1)C(=O)Nc1c(C(=O)OC)cccc1[N+](=O)[O-]. The summed E-state index contributed by atoms with van der Waals surface area (Å²) in [4.78, 5) is 40.7. The Kier molecular flexibility index (Phi) is 8.24. The number of nitrogens with zero attached hydrogens (tertiary/aromatic N) is 3. The van der Waals surface area contributed by atoms with Gasteiger partial charge in [0.25, 0.3) is 5.69 Å². The molecule has 0 radical (unpaired) electrons. The number of anilines is 1. The van der Waals surface area contributed by atoms with Crippen LogP contribution in [-0.4, -0.2) is 28.9 Å². The Morgan fingerprint density at radius 1 is 1.17 bits per heavy atom. The quantitative estimate of drug-likeness (QED) is 0.265. The molecule has 9 nitrogen and oxygen atoms in total. The van der Waals surface area contributed by atoms with Gasteiger partial charge in [-0.2, -0.15) is 5.26 Å². The number of ether oxygens (including phenoxy) is 1. The molecule has 1 N–H and O–H groups in total. The standard InChI is InChI=1S/C26H24N4O5/c1-3-7-18(14-17-12-13-22(28-16-17)20-9-5-4-8-19(20)15-27)25(31)29-24-21(26(32)35-2)10-6-11-23(24)30(33)34/h4-6,8-13,16,18H,3,7,14H2,1-2H3,(H,29,31). The molecule has 0 saturated heterocycles. The fourth-order valence-corrected chi connectivity index (χ4v) is 3.80. The molecule has 0 spiro atoms. The largest absolute Gasteiger partial charge is 0.465 e. The van der Waals surface area contributed by atoms with Gasteiger partial charge in [-0.25, -0.2) is 4.79 Å². The zero-order chi connectivity index (χ0) is 25.4. The summed E-state index contributed by atoms with van der Waals surface area (Å²) < 4.78 is 4.72. The first-order chi connectivity index (χ1) is 16.9. The summed E-state index contributed by atoms with van der Waals surface area (Å²) in [5, 5.41) is 23.4. The fourth-order valence-electron chi connectivity index (χ4n) is 3.80. The van der Waals surface area contributed by atoms with Crippen LogP contribution in [0.4, 0.5) is 11.4 Å². The van der Waals surface area contributed by atoms with Gasteiger partial charge in [-0.3, -0.25) is 19.9 Å². The van der Waals surface area contributed by atoms with E-state index >= 15 is 0 Å². The first-order valence-corrected chi connectivity index (χ1v) is 11.0. The summed E-state index contributed by atoms with van der Waals surface area (Å²) in [7, 11) is 1.17. The third-order valence-electron chi connectivity index (χ3n) is 5.53. The zero-order valence-electron chi connectivity index (χ0n) is 19.4. The van der Waals surface area contributed by atoms with Crippen molar-refractivity contribution in [3.05, 3.63) is 87.6 Å². The maximum Gasteiger partial charge on any atom is 0.340 e. The van der Waals surface area contributed by atoms with Crippen molar-refractivity contribution < 1.29 is 19.2 Å². The first kappa shape index (κ1) is 25.1. The van der Waals surface area contributed by atoms with Gasteiger partial charge in [0.05, 0.1) is 34.9 Å². The minimum absolute atomic E-state index is 0.0903. The molecule has 0 aliphatic carbocycles. The third-order valence-corrected chi connectivity index (χ3v) is 5.53. The van der Waals surface area contributed by atoms with Crippen molar-refractivity contribution in [2.75, 3.05) is 12.4 Å². The Labute approximate surface area is 202 Å². The number of carbonyl (C=O) groups is 2. The van der Waals surface area contributed by atoms with E-state index in [4.69, 9.17) is 4.74 Å². The van der Waals surface area contributed by atoms with Gasteiger partial charge in [0.1, 0.15) is 5.69 Å². The monoisotopic (exact) mass is 472 g/mol. The average Bonchev–Trinajstić information content (AvgIpc) is 2.88. The third kappa shape index (κ3) is 5.86. The second kappa shape index (κ2) is 11.5. The highest BCUT2D eigenvalue weighted by Gasteiger charge is 2.27. The minimum atomic E-state index is -0.784.